The third-order valence-corrected chi connectivity index (χ3v) is 3.01. The maximum atomic E-state index is 4.43. The maximum Gasteiger partial charge on any atom is 0.137 e. The van der Waals surface area contributed by atoms with E-state index < -0.39 is 0 Å². The van der Waals surface area contributed by atoms with E-state index >= 15 is 0 Å². The van der Waals surface area contributed by atoms with Crippen LogP contribution < -0.4 is 0 Å². The van der Waals surface area contributed by atoms with Crippen molar-refractivity contribution in [1.29, 1.82) is 0 Å². The van der Waals surface area contributed by atoms with Crippen molar-refractivity contribution in [3.63, 3.8) is 0 Å². The maximum absolute atomic E-state index is 4.43. The third-order valence-electron chi connectivity index (χ3n) is 3.01. The third kappa shape index (κ3) is 1.62. The number of fused-ring (bicyclic) bond motifs is 1. The van der Waals surface area contributed by atoms with Crippen LogP contribution in [0.4, 0.5) is 0 Å². The molecule has 0 atom stereocenters. The largest absolute Gasteiger partial charge is 0.346 e. The molecule has 0 saturated carbocycles. The molecule has 3 aromatic heterocycles. The first kappa shape index (κ1) is 10.1. The lowest BCUT2D eigenvalue weighted by Crippen LogP contribution is -1.88. The molecule has 4 nitrogen and oxygen atoms in total. The van der Waals surface area contributed by atoms with Crippen molar-refractivity contribution in [2.45, 2.75) is 13.3 Å². The number of H-pyrrole nitrogens is 1. The van der Waals surface area contributed by atoms with Crippen LogP contribution in [0.15, 0.2) is 30.7 Å². The minimum absolute atomic E-state index is 0.946. The Balaban J connectivity index is 2.18. The molecular weight excluding hydrogens is 212 g/mol. The van der Waals surface area contributed by atoms with Crippen molar-refractivity contribution in [2.24, 2.45) is 7.05 Å². The van der Waals surface area contributed by atoms with Crippen LogP contribution in [0.1, 0.15) is 12.5 Å². The number of aromatic amines is 1. The van der Waals surface area contributed by atoms with E-state index in [9.17, 15) is 0 Å². The molecule has 17 heavy (non-hydrogen) atoms. The van der Waals surface area contributed by atoms with Gasteiger partial charge in [0.05, 0.1) is 5.69 Å². The summed E-state index contributed by atoms with van der Waals surface area (Å²) < 4.78 is 1.80. The van der Waals surface area contributed by atoms with Gasteiger partial charge < -0.3 is 4.98 Å². The van der Waals surface area contributed by atoms with E-state index in [1.54, 1.807) is 4.68 Å². The van der Waals surface area contributed by atoms with Crippen molar-refractivity contribution in [3.05, 3.63) is 36.3 Å². The molecular formula is C13H14N4. The Labute approximate surface area is 99.3 Å². The first-order chi connectivity index (χ1) is 8.28. The predicted octanol–water partition coefficient (Wildman–Crippen LogP) is 2.53. The Morgan fingerprint density at radius 3 is 3.00 bits per heavy atom. The Bertz CT molecular complexity index is 663. The van der Waals surface area contributed by atoms with Crippen molar-refractivity contribution < 1.29 is 0 Å². The second-order valence-corrected chi connectivity index (χ2v) is 4.16. The summed E-state index contributed by atoms with van der Waals surface area (Å²) in [7, 11) is 1.92. The fraction of sp³-hybridized carbons (Fsp3) is 0.231. The smallest absolute Gasteiger partial charge is 0.137 e. The second-order valence-electron chi connectivity index (χ2n) is 4.16. The molecule has 0 radical (unpaired) electrons. The average molecular weight is 226 g/mol. The molecule has 0 fully saturated rings. The van der Waals surface area contributed by atoms with Gasteiger partial charge in [0, 0.05) is 36.6 Å². The molecule has 86 valence electrons. The first-order valence-electron chi connectivity index (χ1n) is 5.74. The average Bonchev–Trinajstić information content (AvgIpc) is 2.94. The molecule has 0 aliphatic carbocycles. The highest BCUT2D eigenvalue weighted by Crippen LogP contribution is 2.23. The summed E-state index contributed by atoms with van der Waals surface area (Å²) in [5.41, 5.74) is 4.27. The first-order valence-corrected chi connectivity index (χ1v) is 5.74. The summed E-state index contributed by atoms with van der Waals surface area (Å²) in [4.78, 5) is 7.62. The summed E-state index contributed by atoms with van der Waals surface area (Å²) in [5.74, 6) is 0. The molecule has 0 amide bonds. The molecule has 0 spiro atoms. The number of rotatable bonds is 2. The number of pyridine rings is 1. The quantitative estimate of drug-likeness (QED) is 0.729. The number of nitrogens with zero attached hydrogens (tertiary/aromatic N) is 3. The number of nitrogens with one attached hydrogen (secondary N) is 1. The van der Waals surface area contributed by atoms with Gasteiger partial charge in [0.15, 0.2) is 0 Å². The van der Waals surface area contributed by atoms with E-state index in [0.717, 1.165) is 23.3 Å². The molecule has 3 aromatic rings. The summed E-state index contributed by atoms with van der Waals surface area (Å²) in [6.07, 6.45) is 6.84. The van der Waals surface area contributed by atoms with Gasteiger partial charge in [-0.25, -0.2) is 4.98 Å². The molecule has 3 heterocycles. The molecule has 0 unspecified atom stereocenters. The van der Waals surface area contributed by atoms with Crippen LogP contribution in [0.2, 0.25) is 0 Å². The van der Waals surface area contributed by atoms with Crippen LogP contribution >= 0.6 is 0 Å². The second kappa shape index (κ2) is 3.73. The monoisotopic (exact) mass is 226 g/mol. The summed E-state index contributed by atoms with van der Waals surface area (Å²) in [6, 6.07) is 4.15. The zero-order valence-corrected chi connectivity index (χ0v) is 9.94. The lowest BCUT2D eigenvalue weighted by molar-refractivity contribution is 0.771. The van der Waals surface area contributed by atoms with Gasteiger partial charge in [-0.1, -0.05) is 6.92 Å². The standard InChI is InChI=1S/C13H14N4/c1-3-9-7-14-13-11(9)6-10(8-15-13)12-4-5-17(2)16-12/h4-8H,3H2,1-2H3,(H,14,15). The van der Waals surface area contributed by atoms with E-state index in [1.807, 2.05) is 31.7 Å². The Morgan fingerprint density at radius 1 is 1.41 bits per heavy atom. The van der Waals surface area contributed by atoms with Gasteiger partial charge >= 0.3 is 0 Å². The lowest BCUT2D eigenvalue weighted by Gasteiger charge is -1.98. The van der Waals surface area contributed by atoms with Gasteiger partial charge in [-0.2, -0.15) is 5.10 Å². The highest BCUT2D eigenvalue weighted by Gasteiger charge is 2.07. The van der Waals surface area contributed by atoms with Crippen LogP contribution in [-0.4, -0.2) is 19.7 Å². The summed E-state index contributed by atoms with van der Waals surface area (Å²) in [6.45, 7) is 2.15. The fourth-order valence-electron chi connectivity index (χ4n) is 2.06. The van der Waals surface area contributed by atoms with Crippen molar-refractivity contribution in [2.75, 3.05) is 0 Å². The Morgan fingerprint density at radius 2 is 2.29 bits per heavy atom. The normalized spacial score (nSPS) is 11.2. The van der Waals surface area contributed by atoms with Crippen molar-refractivity contribution >= 4 is 11.0 Å². The topological polar surface area (TPSA) is 46.5 Å². The zero-order chi connectivity index (χ0) is 11.8. The van der Waals surface area contributed by atoms with Crippen LogP contribution in [0.3, 0.4) is 0 Å². The molecule has 1 N–H and O–H groups in total. The van der Waals surface area contributed by atoms with Crippen LogP contribution in [0, 0.1) is 0 Å². The number of hydrogen-bond acceptors (Lipinski definition) is 2. The molecule has 0 saturated heterocycles. The van der Waals surface area contributed by atoms with Gasteiger partial charge in [-0.3, -0.25) is 4.68 Å². The summed E-state index contributed by atoms with van der Waals surface area (Å²) in [5, 5.41) is 5.58. The van der Waals surface area contributed by atoms with E-state index in [2.05, 4.69) is 28.1 Å². The van der Waals surface area contributed by atoms with E-state index in [1.165, 1.54) is 10.9 Å². The van der Waals surface area contributed by atoms with Crippen LogP contribution in [0.25, 0.3) is 22.3 Å². The number of aryl methyl sites for hydroxylation is 2. The number of aromatic nitrogens is 4. The fourth-order valence-corrected chi connectivity index (χ4v) is 2.06. The molecule has 0 aliphatic heterocycles. The highest BCUT2D eigenvalue weighted by molar-refractivity contribution is 5.83. The van der Waals surface area contributed by atoms with Crippen LogP contribution in [-0.2, 0) is 13.5 Å². The van der Waals surface area contributed by atoms with Crippen molar-refractivity contribution in [1.82, 2.24) is 19.7 Å². The molecule has 0 aliphatic rings. The minimum atomic E-state index is 0.946. The number of hydrogen-bond donors (Lipinski definition) is 1. The minimum Gasteiger partial charge on any atom is -0.346 e. The van der Waals surface area contributed by atoms with Gasteiger partial charge in [0.1, 0.15) is 5.65 Å². The zero-order valence-electron chi connectivity index (χ0n) is 9.94. The molecule has 0 bridgehead atoms. The molecule has 4 heteroatoms. The van der Waals surface area contributed by atoms with Gasteiger partial charge in [0.25, 0.3) is 0 Å². The van der Waals surface area contributed by atoms with E-state index in [0.29, 0.717) is 0 Å². The molecule has 0 aromatic carbocycles. The predicted molar refractivity (Wildman–Crippen MR) is 67.7 cm³/mol. The van der Waals surface area contributed by atoms with Gasteiger partial charge in [-0.15, -0.1) is 0 Å². The van der Waals surface area contributed by atoms with Gasteiger partial charge in [-0.05, 0) is 24.1 Å². The van der Waals surface area contributed by atoms with E-state index in [4.69, 9.17) is 0 Å². The SMILES string of the molecule is CCc1c[nH]c2ncc(-c3ccn(C)n3)cc12. The Kier molecular flexibility index (Phi) is 2.21. The summed E-state index contributed by atoms with van der Waals surface area (Å²) >= 11 is 0. The van der Waals surface area contributed by atoms with Crippen LogP contribution in [0.5, 0.6) is 0 Å². The Hall–Kier alpha value is -2.10. The van der Waals surface area contributed by atoms with Crippen molar-refractivity contribution in [3.8, 4) is 11.3 Å². The lowest BCUT2D eigenvalue weighted by atomic mass is 10.1. The highest BCUT2D eigenvalue weighted by atomic mass is 15.2. The van der Waals surface area contributed by atoms with E-state index in [-0.39, 0.29) is 0 Å². The molecule has 3 rings (SSSR count). The van der Waals surface area contributed by atoms with Gasteiger partial charge in [0.2, 0.25) is 0 Å².